The second-order valence-corrected chi connectivity index (χ2v) is 4.73. The van der Waals surface area contributed by atoms with Crippen LogP contribution in [0.1, 0.15) is 11.7 Å². The van der Waals surface area contributed by atoms with E-state index in [1.807, 2.05) is 0 Å². The molecule has 2 nitrogen and oxygen atoms in total. The summed E-state index contributed by atoms with van der Waals surface area (Å²) < 4.78 is 32.3. The molecule has 98 valence electrons. The number of nitrogens with one attached hydrogen (secondary N) is 1. The molecule has 3 rings (SSSR count). The summed E-state index contributed by atoms with van der Waals surface area (Å²) in [6.07, 6.45) is -0.491. The summed E-state index contributed by atoms with van der Waals surface area (Å²) in [5.41, 5.74) is 1.10. The lowest BCUT2D eigenvalue weighted by Crippen LogP contribution is -2.24. The van der Waals surface area contributed by atoms with Gasteiger partial charge in [-0.25, -0.2) is 8.78 Å². The third-order valence-electron chi connectivity index (χ3n) is 3.00. The van der Waals surface area contributed by atoms with Crippen LogP contribution in [0.15, 0.2) is 36.4 Å². The highest BCUT2D eigenvalue weighted by Gasteiger charge is 2.23. The first-order chi connectivity index (χ1) is 9.13. The van der Waals surface area contributed by atoms with E-state index in [9.17, 15) is 8.78 Å². The molecule has 1 aliphatic heterocycles. The van der Waals surface area contributed by atoms with Gasteiger partial charge in [0.15, 0.2) is 0 Å². The highest BCUT2D eigenvalue weighted by molar-refractivity contribution is 6.30. The Morgan fingerprint density at radius 1 is 1.16 bits per heavy atom. The number of rotatable bonds is 1. The fourth-order valence-electron chi connectivity index (χ4n) is 2.08. The van der Waals surface area contributed by atoms with E-state index in [2.05, 4.69) is 5.32 Å². The van der Waals surface area contributed by atoms with Gasteiger partial charge in [0.2, 0.25) is 0 Å². The lowest BCUT2D eigenvalue weighted by Gasteiger charge is -2.28. The van der Waals surface area contributed by atoms with E-state index in [0.29, 0.717) is 22.9 Å². The molecule has 2 aromatic carbocycles. The number of hydrogen-bond acceptors (Lipinski definition) is 2. The van der Waals surface area contributed by atoms with E-state index in [0.717, 1.165) is 11.8 Å². The molecule has 0 saturated carbocycles. The standard InChI is InChI=1S/C14H10ClF2NO/c15-8-1-4-13-12(5-8)18-7-14(19-13)10-3-2-9(16)6-11(10)17/h1-6,14,18H,7H2. The van der Waals surface area contributed by atoms with Crippen molar-refractivity contribution in [2.24, 2.45) is 0 Å². The number of anilines is 1. The van der Waals surface area contributed by atoms with E-state index in [4.69, 9.17) is 16.3 Å². The third-order valence-corrected chi connectivity index (χ3v) is 3.23. The van der Waals surface area contributed by atoms with Gasteiger partial charge in [0.1, 0.15) is 23.5 Å². The Morgan fingerprint density at radius 2 is 2.00 bits per heavy atom. The van der Waals surface area contributed by atoms with Crippen LogP contribution in [0.5, 0.6) is 5.75 Å². The highest BCUT2D eigenvalue weighted by Crippen LogP contribution is 2.36. The molecule has 1 aliphatic rings. The lowest BCUT2D eigenvalue weighted by molar-refractivity contribution is 0.205. The summed E-state index contributed by atoms with van der Waals surface area (Å²) >= 11 is 5.88. The average molecular weight is 282 g/mol. The molecular formula is C14H10ClF2NO. The van der Waals surface area contributed by atoms with E-state index in [-0.39, 0.29) is 0 Å². The Labute approximate surface area is 114 Å². The van der Waals surface area contributed by atoms with Gasteiger partial charge in [0.05, 0.1) is 12.2 Å². The Bertz CT molecular complexity index is 633. The molecule has 0 aliphatic carbocycles. The van der Waals surface area contributed by atoms with Crippen LogP contribution in [0.3, 0.4) is 0 Å². The summed E-state index contributed by atoms with van der Waals surface area (Å²) in [6.45, 7) is 0.399. The van der Waals surface area contributed by atoms with Crippen LogP contribution in [0.2, 0.25) is 5.02 Å². The van der Waals surface area contributed by atoms with Gasteiger partial charge in [0.25, 0.3) is 0 Å². The monoisotopic (exact) mass is 281 g/mol. The molecule has 19 heavy (non-hydrogen) atoms. The van der Waals surface area contributed by atoms with Crippen LogP contribution in [0.25, 0.3) is 0 Å². The first-order valence-corrected chi connectivity index (χ1v) is 6.16. The van der Waals surface area contributed by atoms with E-state index in [1.165, 1.54) is 12.1 Å². The maximum atomic E-state index is 13.7. The molecule has 0 fully saturated rings. The Kier molecular flexibility index (Phi) is 3.03. The summed E-state index contributed by atoms with van der Waals surface area (Å²) in [4.78, 5) is 0. The zero-order valence-corrected chi connectivity index (χ0v) is 10.5. The van der Waals surface area contributed by atoms with Crippen molar-refractivity contribution in [2.45, 2.75) is 6.10 Å². The zero-order chi connectivity index (χ0) is 13.4. The molecule has 1 atom stereocenters. The van der Waals surface area contributed by atoms with Gasteiger partial charge < -0.3 is 10.1 Å². The lowest BCUT2D eigenvalue weighted by atomic mass is 10.1. The molecule has 0 bridgehead atoms. The summed E-state index contributed by atoms with van der Waals surface area (Å²) in [5.74, 6) is -0.606. The van der Waals surface area contributed by atoms with Crippen molar-refractivity contribution in [3.8, 4) is 5.75 Å². The average Bonchev–Trinajstić information content (AvgIpc) is 2.38. The van der Waals surface area contributed by atoms with Crippen LogP contribution in [0.4, 0.5) is 14.5 Å². The summed E-state index contributed by atoms with van der Waals surface area (Å²) in [6, 6.07) is 8.64. The van der Waals surface area contributed by atoms with Crippen molar-refractivity contribution < 1.29 is 13.5 Å². The van der Waals surface area contributed by atoms with Gasteiger partial charge >= 0.3 is 0 Å². The molecular weight excluding hydrogens is 272 g/mol. The first kappa shape index (κ1) is 12.2. The SMILES string of the molecule is Fc1ccc(C2CNc3cc(Cl)ccc3O2)c(F)c1. The van der Waals surface area contributed by atoms with Crippen molar-refractivity contribution >= 4 is 17.3 Å². The zero-order valence-electron chi connectivity index (χ0n) is 9.79. The molecule has 5 heteroatoms. The molecule has 0 spiro atoms. The highest BCUT2D eigenvalue weighted by atomic mass is 35.5. The minimum atomic E-state index is -0.607. The molecule has 0 radical (unpaired) electrons. The van der Waals surface area contributed by atoms with Crippen molar-refractivity contribution in [3.05, 3.63) is 58.6 Å². The smallest absolute Gasteiger partial charge is 0.144 e. The molecule has 1 N–H and O–H groups in total. The number of ether oxygens (including phenoxy) is 1. The molecule has 1 heterocycles. The van der Waals surface area contributed by atoms with Crippen molar-refractivity contribution in [2.75, 3.05) is 11.9 Å². The quantitative estimate of drug-likeness (QED) is 0.847. The predicted octanol–water partition coefficient (Wildman–Crippen LogP) is 4.16. The summed E-state index contributed by atoms with van der Waals surface area (Å²) in [5, 5.41) is 3.72. The molecule has 0 saturated heterocycles. The molecule has 1 unspecified atom stereocenters. The van der Waals surface area contributed by atoms with Crippen LogP contribution in [0, 0.1) is 11.6 Å². The summed E-state index contributed by atoms with van der Waals surface area (Å²) in [7, 11) is 0. The maximum absolute atomic E-state index is 13.7. The number of benzene rings is 2. The van der Waals surface area contributed by atoms with Crippen LogP contribution in [-0.2, 0) is 0 Å². The van der Waals surface area contributed by atoms with E-state index >= 15 is 0 Å². The van der Waals surface area contributed by atoms with Crippen molar-refractivity contribution in [1.29, 1.82) is 0 Å². The Hall–Kier alpha value is -1.81. The van der Waals surface area contributed by atoms with Crippen LogP contribution < -0.4 is 10.1 Å². The third kappa shape index (κ3) is 2.36. The number of halogens is 3. The Morgan fingerprint density at radius 3 is 2.79 bits per heavy atom. The fourth-order valence-corrected chi connectivity index (χ4v) is 2.25. The van der Waals surface area contributed by atoms with Gasteiger partial charge in [-0.05, 0) is 30.3 Å². The van der Waals surface area contributed by atoms with Gasteiger partial charge in [-0.3, -0.25) is 0 Å². The minimum Gasteiger partial charge on any atom is -0.482 e. The second-order valence-electron chi connectivity index (χ2n) is 4.29. The van der Waals surface area contributed by atoms with Crippen molar-refractivity contribution in [1.82, 2.24) is 0 Å². The fraction of sp³-hybridized carbons (Fsp3) is 0.143. The van der Waals surface area contributed by atoms with Gasteiger partial charge in [0, 0.05) is 16.7 Å². The van der Waals surface area contributed by atoms with Crippen LogP contribution >= 0.6 is 11.6 Å². The van der Waals surface area contributed by atoms with E-state index in [1.54, 1.807) is 18.2 Å². The maximum Gasteiger partial charge on any atom is 0.144 e. The normalized spacial score (nSPS) is 17.3. The van der Waals surface area contributed by atoms with Crippen molar-refractivity contribution in [3.63, 3.8) is 0 Å². The first-order valence-electron chi connectivity index (χ1n) is 5.78. The minimum absolute atomic E-state index is 0.328. The number of hydrogen-bond donors (Lipinski definition) is 1. The van der Waals surface area contributed by atoms with Gasteiger partial charge in [-0.1, -0.05) is 11.6 Å². The second kappa shape index (κ2) is 4.70. The number of fused-ring (bicyclic) bond motifs is 1. The Balaban J connectivity index is 1.91. The van der Waals surface area contributed by atoms with E-state index < -0.39 is 17.7 Å². The van der Waals surface area contributed by atoms with Crippen LogP contribution in [-0.4, -0.2) is 6.54 Å². The topological polar surface area (TPSA) is 21.3 Å². The van der Waals surface area contributed by atoms with Gasteiger partial charge in [-0.2, -0.15) is 0 Å². The molecule has 0 amide bonds. The van der Waals surface area contributed by atoms with Gasteiger partial charge in [-0.15, -0.1) is 0 Å². The largest absolute Gasteiger partial charge is 0.482 e. The predicted molar refractivity (Wildman–Crippen MR) is 69.7 cm³/mol. The molecule has 2 aromatic rings. The molecule has 0 aromatic heterocycles.